The van der Waals surface area contributed by atoms with Crippen LogP contribution >= 0.6 is 0 Å². The van der Waals surface area contributed by atoms with Crippen LogP contribution in [-0.4, -0.2) is 13.1 Å². The Balaban J connectivity index is 2.23. The number of anilines is 1. The molecule has 0 bridgehead atoms. The lowest BCUT2D eigenvalue weighted by molar-refractivity contribution is 0.122. The number of likely N-dealkylation sites (N-methyl/N-ethyl adjacent to an activating group) is 1. The van der Waals surface area contributed by atoms with Gasteiger partial charge in [-0.2, -0.15) is 0 Å². The molecule has 0 amide bonds. The summed E-state index contributed by atoms with van der Waals surface area (Å²) in [6, 6.07) is 9.48. The zero-order chi connectivity index (χ0) is 12.3. The van der Waals surface area contributed by atoms with E-state index < -0.39 is 0 Å². The first-order valence-electron chi connectivity index (χ1n) is 6.51. The van der Waals surface area contributed by atoms with Crippen molar-refractivity contribution in [1.82, 2.24) is 0 Å². The molecule has 1 aromatic rings. The lowest BCUT2D eigenvalue weighted by Crippen LogP contribution is -2.53. The molecule has 1 nitrogen and oxygen atoms in total. The molecule has 2 atom stereocenters. The average Bonchev–Trinajstić information content (AvgIpc) is 2.53. The fourth-order valence-electron chi connectivity index (χ4n) is 3.82. The molecule has 1 aliphatic heterocycles. The lowest BCUT2D eigenvalue weighted by atomic mass is 9.55. The van der Waals surface area contributed by atoms with E-state index in [1.165, 1.54) is 11.3 Å². The van der Waals surface area contributed by atoms with Crippen LogP contribution in [0.1, 0.15) is 39.2 Å². The summed E-state index contributed by atoms with van der Waals surface area (Å²) in [5.41, 5.74) is 3.48. The first-order valence-corrected chi connectivity index (χ1v) is 6.51. The van der Waals surface area contributed by atoms with Gasteiger partial charge in [0.1, 0.15) is 0 Å². The van der Waals surface area contributed by atoms with Gasteiger partial charge in [-0.3, -0.25) is 0 Å². The Kier molecular flexibility index (Phi) is 2.14. The van der Waals surface area contributed by atoms with Crippen LogP contribution in [0.5, 0.6) is 0 Å². The number of nitrogens with zero attached hydrogens (tertiary/aromatic N) is 1. The van der Waals surface area contributed by atoms with Gasteiger partial charge in [-0.05, 0) is 36.3 Å². The van der Waals surface area contributed by atoms with Crippen molar-refractivity contribution in [3.63, 3.8) is 0 Å². The Bertz CT molecular complexity index is 449. The fourth-order valence-corrected chi connectivity index (χ4v) is 3.82. The van der Waals surface area contributed by atoms with Gasteiger partial charge in [-0.15, -0.1) is 0 Å². The summed E-state index contributed by atoms with van der Waals surface area (Å²) in [6.07, 6.45) is 5.78. The highest BCUT2D eigenvalue weighted by molar-refractivity contribution is 5.65. The normalized spacial score (nSPS) is 34.4. The minimum atomic E-state index is 0.254. The maximum Gasteiger partial charge on any atom is 0.0405 e. The Morgan fingerprint density at radius 1 is 1.24 bits per heavy atom. The number of benzene rings is 1. The summed E-state index contributed by atoms with van der Waals surface area (Å²) >= 11 is 0. The molecular weight excluding hydrogens is 206 g/mol. The van der Waals surface area contributed by atoms with E-state index in [-0.39, 0.29) is 10.8 Å². The first kappa shape index (κ1) is 11.1. The predicted octanol–water partition coefficient (Wildman–Crippen LogP) is 3.66. The van der Waals surface area contributed by atoms with Crippen LogP contribution in [0.4, 0.5) is 5.69 Å². The molecule has 17 heavy (non-hydrogen) atoms. The molecule has 0 spiro atoms. The van der Waals surface area contributed by atoms with Crippen LogP contribution in [0.25, 0.3) is 0 Å². The zero-order valence-electron chi connectivity index (χ0n) is 11.2. The van der Waals surface area contributed by atoms with Crippen molar-refractivity contribution in [2.75, 3.05) is 11.9 Å². The molecule has 0 saturated heterocycles. The molecule has 2 aliphatic rings. The number of rotatable bonds is 0. The SMILES string of the molecule is CN1c2ccccc2C2(C)C1C[C]CC2(C)C. The summed E-state index contributed by atoms with van der Waals surface area (Å²) in [4.78, 5) is 2.46. The standard InChI is InChI=1S/C16H21N/c1-15(2)11-7-10-14-16(15,3)12-8-5-6-9-13(12)17(14)4/h5-6,8-9,14H,10-11H2,1-4H3. The van der Waals surface area contributed by atoms with E-state index in [0.29, 0.717) is 6.04 Å². The molecule has 1 saturated carbocycles. The monoisotopic (exact) mass is 227 g/mol. The van der Waals surface area contributed by atoms with Gasteiger partial charge in [-0.1, -0.05) is 39.0 Å². The van der Waals surface area contributed by atoms with E-state index in [2.05, 4.69) is 63.4 Å². The van der Waals surface area contributed by atoms with E-state index in [1.807, 2.05) is 0 Å². The van der Waals surface area contributed by atoms with Crippen LogP contribution < -0.4 is 4.90 Å². The van der Waals surface area contributed by atoms with Crippen LogP contribution in [0, 0.1) is 11.8 Å². The predicted molar refractivity (Wildman–Crippen MR) is 72.2 cm³/mol. The maximum atomic E-state index is 3.60. The third kappa shape index (κ3) is 1.20. The summed E-state index contributed by atoms with van der Waals surface area (Å²) < 4.78 is 0. The van der Waals surface area contributed by atoms with E-state index in [9.17, 15) is 0 Å². The minimum Gasteiger partial charge on any atom is -0.370 e. The number of para-hydroxylation sites is 1. The quantitative estimate of drug-likeness (QED) is 0.653. The molecule has 90 valence electrons. The number of hydrogen-bond donors (Lipinski definition) is 0. The highest BCUT2D eigenvalue weighted by Crippen LogP contribution is 2.59. The summed E-state index contributed by atoms with van der Waals surface area (Å²) in [7, 11) is 2.23. The number of hydrogen-bond acceptors (Lipinski definition) is 1. The fraction of sp³-hybridized carbons (Fsp3) is 0.562. The molecule has 1 fully saturated rings. The topological polar surface area (TPSA) is 3.24 Å². The van der Waals surface area contributed by atoms with Crippen molar-refractivity contribution < 1.29 is 0 Å². The van der Waals surface area contributed by atoms with Crippen molar-refractivity contribution in [1.29, 1.82) is 0 Å². The third-order valence-electron chi connectivity index (χ3n) is 5.29. The lowest BCUT2D eigenvalue weighted by Gasteiger charge is -2.51. The Morgan fingerprint density at radius 2 is 1.94 bits per heavy atom. The smallest absolute Gasteiger partial charge is 0.0405 e. The molecular formula is C16H21N. The second-order valence-corrected chi connectivity index (χ2v) is 6.36. The van der Waals surface area contributed by atoms with Gasteiger partial charge >= 0.3 is 0 Å². The molecule has 0 N–H and O–H groups in total. The molecule has 2 radical (unpaired) electrons. The van der Waals surface area contributed by atoms with Gasteiger partial charge in [-0.25, -0.2) is 0 Å². The van der Waals surface area contributed by atoms with Crippen molar-refractivity contribution in [3.05, 3.63) is 36.2 Å². The average molecular weight is 227 g/mol. The van der Waals surface area contributed by atoms with Gasteiger partial charge in [0, 0.05) is 24.2 Å². The van der Waals surface area contributed by atoms with Gasteiger partial charge < -0.3 is 4.90 Å². The van der Waals surface area contributed by atoms with Crippen molar-refractivity contribution in [3.8, 4) is 0 Å². The molecule has 3 rings (SSSR count). The maximum absolute atomic E-state index is 3.60. The van der Waals surface area contributed by atoms with Crippen LogP contribution in [-0.2, 0) is 5.41 Å². The summed E-state index contributed by atoms with van der Waals surface area (Å²) in [6.45, 7) is 7.23. The first-order chi connectivity index (χ1) is 7.98. The van der Waals surface area contributed by atoms with Gasteiger partial charge in [0.25, 0.3) is 0 Å². The van der Waals surface area contributed by atoms with Crippen LogP contribution in [0.2, 0.25) is 0 Å². The molecule has 1 heterocycles. The highest BCUT2D eigenvalue weighted by atomic mass is 15.2. The van der Waals surface area contributed by atoms with Crippen molar-refractivity contribution >= 4 is 5.69 Å². The van der Waals surface area contributed by atoms with E-state index in [0.717, 1.165) is 12.8 Å². The van der Waals surface area contributed by atoms with Gasteiger partial charge in [0.15, 0.2) is 0 Å². The van der Waals surface area contributed by atoms with Crippen molar-refractivity contribution in [2.24, 2.45) is 5.41 Å². The second kappa shape index (κ2) is 3.28. The minimum absolute atomic E-state index is 0.254. The zero-order valence-corrected chi connectivity index (χ0v) is 11.2. The summed E-state index contributed by atoms with van der Waals surface area (Å²) in [5.74, 6) is 0. The van der Waals surface area contributed by atoms with Gasteiger partial charge in [0.05, 0.1) is 0 Å². The highest BCUT2D eigenvalue weighted by Gasteiger charge is 2.56. The van der Waals surface area contributed by atoms with Crippen LogP contribution in [0.3, 0.4) is 0 Å². The Hall–Kier alpha value is -0.980. The van der Waals surface area contributed by atoms with Crippen molar-refractivity contribution in [2.45, 2.75) is 45.1 Å². The number of fused-ring (bicyclic) bond motifs is 3. The van der Waals surface area contributed by atoms with Gasteiger partial charge in [0.2, 0.25) is 0 Å². The molecule has 1 aliphatic carbocycles. The summed E-state index contributed by atoms with van der Waals surface area (Å²) in [5, 5.41) is 0. The molecule has 2 unspecified atom stereocenters. The molecule has 0 aromatic heterocycles. The molecule has 1 heteroatoms. The Morgan fingerprint density at radius 3 is 2.71 bits per heavy atom. The third-order valence-corrected chi connectivity index (χ3v) is 5.29. The largest absolute Gasteiger partial charge is 0.370 e. The second-order valence-electron chi connectivity index (χ2n) is 6.36. The molecule has 1 aromatic carbocycles. The Labute approximate surface area is 105 Å². The van der Waals surface area contributed by atoms with Crippen LogP contribution in [0.15, 0.2) is 24.3 Å². The van der Waals surface area contributed by atoms with E-state index in [1.54, 1.807) is 0 Å². The van der Waals surface area contributed by atoms with E-state index >= 15 is 0 Å². The van der Waals surface area contributed by atoms with E-state index in [4.69, 9.17) is 0 Å².